The lowest BCUT2D eigenvalue weighted by atomic mass is 9.89. The molecule has 0 saturated carbocycles. The Morgan fingerprint density at radius 3 is 2.32 bits per heavy atom. The highest BCUT2D eigenvalue weighted by Crippen LogP contribution is 2.40. The van der Waals surface area contributed by atoms with E-state index < -0.39 is 11.5 Å². The number of benzene rings is 2. The van der Waals surface area contributed by atoms with Gasteiger partial charge in [-0.2, -0.15) is 10.5 Å². The molecule has 5 heteroatoms. The third-order valence-electron chi connectivity index (χ3n) is 4.78. The Morgan fingerprint density at radius 2 is 1.72 bits per heavy atom. The van der Waals surface area contributed by atoms with E-state index in [9.17, 15) is 20.7 Å². The van der Waals surface area contributed by atoms with Gasteiger partial charge in [-0.1, -0.05) is 30.3 Å². The number of nitriles is 2. The van der Waals surface area contributed by atoms with E-state index in [1.165, 1.54) is 11.6 Å². The van der Waals surface area contributed by atoms with Crippen molar-refractivity contribution in [3.8, 4) is 23.6 Å². The molecule has 0 aliphatic carbocycles. The molecule has 2 aromatic rings. The van der Waals surface area contributed by atoms with Crippen LogP contribution in [0.15, 0.2) is 36.4 Å². The zero-order valence-electron chi connectivity index (χ0n) is 13.8. The number of hydrogen-bond donors (Lipinski definition) is 2. The quantitative estimate of drug-likeness (QED) is 0.841. The highest BCUT2D eigenvalue weighted by atomic mass is 16.3. The van der Waals surface area contributed by atoms with E-state index in [4.69, 9.17) is 0 Å². The Hall–Kier alpha value is -3.18. The first kappa shape index (κ1) is 16.7. The van der Waals surface area contributed by atoms with Gasteiger partial charge in [-0.15, -0.1) is 0 Å². The molecule has 2 aromatic carbocycles. The lowest BCUT2D eigenvalue weighted by Gasteiger charge is -2.34. The van der Waals surface area contributed by atoms with Gasteiger partial charge in [-0.25, -0.2) is 0 Å². The molecule has 1 saturated heterocycles. The SMILES string of the molecule is N#Cc1cc(O)c(O)c(C#N)c1N1CCC(Cc2ccccc2)CC1. The summed E-state index contributed by atoms with van der Waals surface area (Å²) in [5.41, 5.74) is 1.93. The molecular formula is C20H19N3O2. The van der Waals surface area contributed by atoms with E-state index in [1.54, 1.807) is 0 Å². The van der Waals surface area contributed by atoms with Crippen molar-refractivity contribution in [1.82, 2.24) is 0 Å². The summed E-state index contributed by atoms with van der Waals surface area (Å²) in [5.74, 6) is -0.334. The highest BCUT2D eigenvalue weighted by molar-refractivity contribution is 5.75. The van der Waals surface area contributed by atoms with Crippen molar-refractivity contribution >= 4 is 5.69 Å². The predicted molar refractivity (Wildman–Crippen MR) is 94.3 cm³/mol. The predicted octanol–water partition coefficient (Wildman–Crippen LogP) is 3.30. The summed E-state index contributed by atoms with van der Waals surface area (Å²) in [6.07, 6.45) is 2.92. The summed E-state index contributed by atoms with van der Waals surface area (Å²) < 4.78 is 0. The molecule has 0 radical (unpaired) electrons. The smallest absolute Gasteiger partial charge is 0.177 e. The minimum atomic E-state index is -0.456. The molecule has 0 amide bonds. The topological polar surface area (TPSA) is 91.3 Å². The van der Waals surface area contributed by atoms with Crippen molar-refractivity contribution < 1.29 is 10.2 Å². The first-order chi connectivity index (χ1) is 12.1. The molecule has 0 unspecified atom stereocenters. The molecule has 1 aliphatic heterocycles. The Bertz CT molecular complexity index is 842. The average Bonchev–Trinajstić information content (AvgIpc) is 2.65. The Morgan fingerprint density at radius 1 is 1.04 bits per heavy atom. The standard InChI is InChI=1S/C20H19N3O2/c21-12-16-11-18(24)20(25)17(13-22)19(16)23-8-6-15(7-9-23)10-14-4-2-1-3-5-14/h1-5,11,15,24-25H,6-10H2. The van der Waals surface area contributed by atoms with E-state index in [2.05, 4.69) is 12.1 Å². The van der Waals surface area contributed by atoms with Crippen LogP contribution < -0.4 is 4.90 Å². The van der Waals surface area contributed by atoms with Crippen molar-refractivity contribution in [3.63, 3.8) is 0 Å². The maximum Gasteiger partial charge on any atom is 0.177 e. The normalized spacial score (nSPS) is 14.7. The van der Waals surface area contributed by atoms with Crippen LogP contribution >= 0.6 is 0 Å². The minimum Gasteiger partial charge on any atom is -0.504 e. The van der Waals surface area contributed by atoms with Gasteiger partial charge in [0.2, 0.25) is 0 Å². The molecule has 1 aliphatic rings. The van der Waals surface area contributed by atoms with Crippen LogP contribution in [0.5, 0.6) is 11.5 Å². The molecule has 1 heterocycles. The number of nitrogens with zero attached hydrogens (tertiary/aromatic N) is 3. The van der Waals surface area contributed by atoms with Gasteiger partial charge in [0.15, 0.2) is 11.5 Å². The van der Waals surface area contributed by atoms with Crippen LogP contribution in [0.4, 0.5) is 5.69 Å². The van der Waals surface area contributed by atoms with E-state index in [1.807, 2.05) is 35.2 Å². The number of phenolic OH excluding ortho intramolecular Hbond substituents is 2. The molecule has 0 bridgehead atoms. The molecule has 0 aromatic heterocycles. The second kappa shape index (κ2) is 7.15. The fourth-order valence-electron chi connectivity index (χ4n) is 3.48. The van der Waals surface area contributed by atoms with Gasteiger partial charge in [-0.05, 0) is 30.7 Å². The molecule has 2 N–H and O–H groups in total. The van der Waals surface area contributed by atoms with Crippen molar-refractivity contribution in [3.05, 3.63) is 53.1 Å². The number of piperidine rings is 1. The molecule has 1 fully saturated rings. The molecule has 25 heavy (non-hydrogen) atoms. The molecular weight excluding hydrogens is 314 g/mol. The number of hydrogen-bond acceptors (Lipinski definition) is 5. The Kier molecular flexibility index (Phi) is 4.77. The molecule has 126 valence electrons. The van der Waals surface area contributed by atoms with Crippen LogP contribution in [0, 0.1) is 28.6 Å². The van der Waals surface area contributed by atoms with E-state index in [-0.39, 0.29) is 11.1 Å². The highest BCUT2D eigenvalue weighted by Gasteiger charge is 2.26. The summed E-state index contributed by atoms with van der Waals surface area (Å²) in [4.78, 5) is 1.97. The van der Waals surface area contributed by atoms with Gasteiger partial charge in [-0.3, -0.25) is 0 Å². The summed E-state index contributed by atoms with van der Waals surface area (Å²) in [6, 6.07) is 15.5. The number of anilines is 1. The van der Waals surface area contributed by atoms with Crippen molar-refractivity contribution in [2.45, 2.75) is 19.3 Å². The zero-order chi connectivity index (χ0) is 17.8. The van der Waals surface area contributed by atoms with E-state index >= 15 is 0 Å². The molecule has 0 spiro atoms. The number of phenols is 2. The van der Waals surface area contributed by atoms with Gasteiger partial charge in [0.05, 0.1) is 11.3 Å². The summed E-state index contributed by atoms with van der Waals surface area (Å²) in [5, 5.41) is 38.4. The number of rotatable bonds is 3. The third-order valence-corrected chi connectivity index (χ3v) is 4.78. The lowest BCUT2D eigenvalue weighted by Crippen LogP contribution is -2.35. The third kappa shape index (κ3) is 3.36. The molecule has 0 atom stereocenters. The van der Waals surface area contributed by atoms with Crippen LogP contribution in [0.3, 0.4) is 0 Å². The van der Waals surface area contributed by atoms with Crippen LogP contribution in [0.25, 0.3) is 0 Å². The van der Waals surface area contributed by atoms with Crippen molar-refractivity contribution in [2.24, 2.45) is 5.92 Å². The molecule has 3 rings (SSSR count). The van der Waals surface area contributed by atoms with E-state index in [0.717, 1.165) is 19.3 Å². The Labute approximate surface area is 147 Å². The van der Waals surface area contributed by atoms with Gasteiger partial charge < -0.3 is 15.1 Å². The van der Waals surface area contributed by atoms with Crippen molar-refractivity contribution in [2.75, 3.05) is 18.0 Å². The van der Waals surface area contributed by atoms with Gasteiger partial charge in [0.1, 0.15) is 17.7 Å². The fraction of sp³-hybridized carbons (Fsp3) is 0.300. The fourth-order valence-corrected chi connectivity index (χ4v) is 3.48. The number of aromatic hydroxyl groups is 2. The maximum atomic E-state index is 9.97. The van der Waals surface area contributed by atoms with Crippen LogP contribution in [-0.4, -0.2) is 23.3 Å². The maximum absolute atomic E-state index is 9.97. The van der Waals surface area contributed by atoms with Gasteiger partial charge >= 0.3 is 0 Å². The van der Waals surface area contributed by atoms with Crippen molar-refractivity contribution in [1.29, 1.82) is 10.5 Å². The van der Waals surface area contributed by atoms with Crippen LogP contribution in [0.2, 0.25) is 0 Å². The van der Waals surface area contributed by atoms with Gasteiger partial charge in [0.25, 0.3) is 0 Å². The van der Waals surface area contributed by atoms with Crippen LogP contribution in [-0.2, 0) is 6.42 Å². The lowest BCUT2D eigenvalue weighted by molar-refractivity contribution is 0.396. The largest absolute Gasteiger partial charge is 0.504 e. The summed E-state index contributed by atoms with van der Waals surface area (Å²) in [7, 11) is 0. The second-order valence-electron chi connectivity index (χ2n) is 6.36. The molecule has 5 nitrogen and oxygen atoms in total. The minimum absolute atomic E-state index is 0.0296. The summed E-state index contributed by atoms with van der Waals surface area (Å²) >= 11 is 0. The Balaban J connectivity index is 1.78. The monoisotopic (exact) mass is 333 g/mol. The summed E-state index contributed by atoms with van der Waals surface area (Å²) in [6.45, 7) is 1.43. The van der Waals surface area contributed by atoms with Gasteiger partial charge in [0, 0.05) is 19.2 Å². The first-order valence-electron chi connectivity index (χ1n) is 8.32. The van der Waals surface area contributed by atoms with E-state index in [0.29, 0.717) is 24.7 Å². The zero-order valence-corrected chi connectivity index (χ0v) is 13.8. The van der Waals surface area contributed by atoms with Crippen LogP contribution in [0.1, 0.15) is 29.5 Å². The average molecular weight is 333 g/mol. The first-order valence-corrected chi connectivity index (χ1v) is 8.32. The second-order valence-corrected chi connectivity index (χ2v) is 6.36.